The SMILES string of the molecule is O=C(O)c1ccc(OCCCCCCn2cc[n+](Cc3ccccc3)c2)cc1.[Br-]. The molecule has 1 aromatic heterocycles. The van der Waals surface area contributed by atoms with Gasteiger partial charge < -0.3 is 26.8 Å². The second-order valence-electron chi connectivity index (χ2n) is 6.90. The van der Waals surface area contributed by atoms with Gasteiger partial charge in [0.2, 0.25) is 6.33 Å². The molecule has 0 saturated carbocycles. The van der Waals surface area contributed by atoms with Crippen molar-refractivity contribution in [3.63, 3.8) is 0 Å². The average Bonchev–Trinajstić information content (AvgIpc) is 3.15. The standard InChI is InChI=1S/C23H26N2O3.BrH/c26-23(27)21-10-12-22(13-11-21)28-17-7-2-1-6-14-24-15-16-25(19-24)18-20-8-4-3-5-9-20;/h3-5,8-13,15-16,19H,1-2,6-7,14,17-18H2;1H. The van der Waals surface area contributed by atoms with Crippen LogP contribution in [0.1, 0.15) is 41.6 Å². The Morgan fingerprint density at radius 2 is 1.69 bits per heavy atom. The van der Waals surface area contributed by atoms with Crippen molar-refractivity contribution in [3.05, 3.63) is 84.4 Å². The lowest BCUT2D eigenvalue weighted by Crippen LogP contribution is -3.00. The van der Waals surface area contributed by atoms with Crippen LogP contribution >= 0.6 is 0 Å². The Labute approximate surface area is 182 Å². The van der Waals surface area contributed by atoms with E-state index in [-0.39, 0.29) is 22.5 Å². The molecule has 3 aromatic rings. The molecule has 0 atom stereocenters. The van der Waals surface area contributed by atoms with Crippen molar-refractivity contribution in [2.75, 3.05) is 6.61 Å². The molecule has 3 rings (SSSR count). The van der Waals surface area contributed by atoms with Crippen LogP contribution in [0.4, 0.5) is 0 Å². The predicted molar refractivity (Wildman–Crippen MR) is 108 cm³/mol. The molecule has 0 aliphatic heterocycles. The first kappa shape index (κ1) is 22.7. The minimum absolute atomic E-state index is 0. The van der Waals surface area contributed by atoms with Crippen LogP contribution in [-0.2, 0) is 13.1 Å². The highest BCUT2D eigenvalue weighted by molar-refractivity contribution is 5.87. The van der Waals surface area contributed by atoms with Crippen LogP contribution in [0.3, 0.4) is 0 Å². The lowest BCUT2D eigenvalue weighted by Gasteiger charge is -2.06. The van der Waals surface area contributed by atoms with Gasteiger partial charge in [0.05, 0.1) is 18.7 Å². The fraction of sp³-hybridized carbons (Fsp3) is 0.304. The van der Waals surface area contributed by atoms with Crippen LogP contribution in [-0.4, -0.2) is 22.2 Å². The molecule has 29 heavy (non-hydrogen) atoms. The maximum absolute atomic E-state index is 10.8. The summed E-state index contributed by atoms with van der Waals surface area (Å²) >= 11 is 0. The molecule has 1 heterocycles. The Hall–Kier alpha value is -2.60. The van der Waals surface area contributed by atoms with Crippen LogP contribution < -0.4 is 26.3 Å². The minimum atomic E-state index is -0.917. The molecular weight excluding hydrogens is 432 g/mol. The summed E-state index contributed by atoms with van der Waals surface area (Å²) in [5.41, 5.74) is 1.59. The highest BCUT2D eigenvalue weighted by Gasteiger charge is 2.05. The van der Waals surface area contributed by atoms with E-state index in [1.807, 2.05) is 6.07 Å². The van der Waals surface area contributed by atoms with E-state index in [2.05, 4.69) is 52.1 Å². The zero-order valence-corrected chi connectivity index (χ0v) is 18.0. The van der Waals surface area contributed by atoms with E-state index in [1.54, 1.807) is 24.3 Å². The molecule has 0 aliphatic rings. The van der Waals surface area contributed by atoms with Crippen molar-refractivity contribution in [3.8, 4) is 5.75 Å². The Balaban J connectivity index is 0.00000300. The normalized spacial score (nSPS) is 10.3. The lowest BCUT2D eigenvalue weighted by atomic mass is 10.2. The minimum Gasteiger partial charge on any atom is -1.00 e. The first-order valence-corrected chi connectivity index (χ1v) is 9.75. The number of aromatic nitrogens is 2. The summed E-state index contributed by atoms with van der Waals surface area (Å²) in [6.45, 7) is 2.59. The van der Waals surface area contributed by atoms with Gasteiger partial charge in [0.25, 0.3) is 0 Å². The second kappa shape index (κ2) is 12.1. The number of carbonyl (C=O) groups is 1. The summed E-state index contributed by atoms with van der Waals surface area (Å²) in [7, 11) is 0. The van der Waals surface area contributed by atoms with Gasteiger partial charge in [-0.25, -0.2) is 13.9 Å². The molecule has 0 aliphatic carbocycles. The summed E-state index contributed by atoms with van der Waals surface area (Å²) < 4.78 is 10.1. The Morgan fingerprint density at radius 3 is 2.41 bits per heavy atom. The van der Waals surface area contributed by atoms with Gasteiger partial charge in [-0.05, 0) is 55.5 Å². The monoisotopic (exact) mass is 458 g/mol. The van der Waals surface area contributed by atoms with Crippen LogP contribution in [0.25, 0.3) is 0 Å². The molecule has 0 bridgehead atoms. The van der Waals surface area contributed by atoms with Gasteiger partial charge in [0.1, 0.15) is 24.7 Å². The van der Waals surface area contributed by atoms with Crippen molar-refractivity contribution in [1.82, 2.24) is 4.57 Å². The lowest BCUT2D eigenvalue weighted by molar-refractivity contribution is -0.687. The Kier molecular flexibility index (Phi) is 9.44. The number of hydrogen-bond donors (Lipinski definition) is 1. The summed E-state index contributed by atoms with van der Waals surface area (Å²) in [5.74, 6) is -0.194. The topological polar surface area (TPSA) is 55.3 Å². The Bertz CT molecular complexity index is 863. The maximum Gasteiger partial charge on any atom is 0.335 e. The molecule has 5 nitrogen and oxygen atoms in total. The zero-order chi connectivity index (χ0) is 19.6. The van der Waals surface area contributed by atoms with Crippen LogP contribution in [0.15, 0.2) is 73.3 Å². The number of carboxylic acid groups (broad SMARTS) is 1. The molecule has 6 heteroatoms. The first-order valence-electron chi connectivity index (χ1n) is 9.75. The van der Waals surface area contributed by atoms with Crippen molar-refractivity contribution < 1.29 is 36.2 Å². The van der Waals surface area contributed by atoms with Crippen LogP contribution in [0.2, 0.25) is 0 Å². The zero-order valence-electron chi connectivity index (χ0n) is 16.4. The van der Waals surface area contributed by atoms with E-state index in [1.165, 1.54) is 5.56 Å². The third-order valence-electron chi connectivity index (χ3n) is 4.63. The number of rotatable bonds is 11. The van der Waals surface area contributed by atoms with E-state index in [0.29, 0.717) is 6.61 Å². The molecule has 0 radical (unpaired) electrons. The molecule has 0 amide bonds. The average molecular weight is 459 g/mol. The Morgan fingerprint density at radius 1 is 0.966 bits per heavy atom. The van der Waals surface area contributed by atoms with Gasteiger partial charge in [0, 0.05) is 0 Å². The van der Waals surface area contributed by atoms with Crippen LogP contribution in [0.5, 0.6) is 5.75 Å². The third kappa shape index (κ3) is 7.74. The third-order valence-corrected chi connectivity index (χ3v) is 4.63. The number of carboxylic acids is 1. The highest BCUT2D eigenvalue weighted by atomic mass is 79.9. The number of aromatic carboxylic acids is 1. The predicted octanol–water partition coefficient (Wildman–Crippen LogP) is 1.17. The number of aryl methyl sites for hydroxylation is 1. The van der Waals surface area contributed by atoms with E-state index in [0.717, 1.165) is 44.5 Å². The quantitative estimate of drug-likeness (QED) is 0.346. The van der Waals surface area contributed by atoms with Gasteiger partial charge in [-0.2, -0.15) is 0 Å². The van der Waals surface area contributed by atoms with Crippen molar-refractivity contribution >= 4 is 5.97 Å². The fourth-order valence-corrected chi connectivity index (χ4v) is 3.09. The number of unbranched alkanes of at least 4 members (excludes halogenated alkanes) is 3. The molecule has 1 N–H and O–H groups in total. The first-order chi connectivity index (χ1) is 13.7. The second-order valence-corrected chi connectivity index (χ2v) is 6.90. The number of hydrogen-bond acceptors (Lipinski definition) is 2. The van der Waals surface area contributed by atoms with Gasteiger partial charge in [0.15, 0.2) is 0 Å². The number of ether oxygens (including phenoxy) is 1. The van der Waals surface area contributed by atoms with Gasteiger partial charge >= 0.3 is 5.97 Å². The summed E-state index contributed by atoms with van der Waals surface area (Å²) in [5, 5.41) is 8.88. The van der Waals surface area contributed by atoms with Crippen molar-refractivity contribution in [2.45, 2.75) is 38.8 Å². The number of benzene rings is 2. The molecule has 0 unspecified atom stereocenters. The largest absolute Gasteiger partial charge is 1.00 e. The summed E-state index contributed by atoms with van der Waals surface area (Å²) in [4.78, 5) is 10.8. The summed E-state index contributed by atoms with van der Waals surface area (Å²) in [6, 6.07) is 17.0. The molecular formula is C23H27BrN2O3. The van der Waals surface area contributed by atoms with E-state index >= 15 is 0 Å². The van der Waals surface area contributed by atoms with Crippen LogP contribution in [0, 0.1) is 0 Å². The smallest absolute Gasteiger partial charge is 0.335 e. The van der Waals surface area contributed by atoms with Gasteiger partial charge in [-0.3, -0.25) is 0 Å². The highest BCUT2D eigenvalue weighted by Crippen LogP contribution is 2.13. The molecule has 154 valence electrons. The van der Waals surface area contributed by atoms with E-state index < -0.39 is 5.97 Å². The molecule has 0 fully saturated rings. The number of halogens is 1. The molecule has 0 spiro atoms. The fourth-order valence-electron chi connectivity index (χ4n) is 3.09. The summed E-state index contributed by atoms with van der Waals surface area (Å²) in [6.07, 6.45) is 10.9. The van der Waals surface area contributed by atoms with Gasteiger partial charge in [-0.15, -0.1) is 0 Å². The van der Waals surface area contributed by atoms with E-state index in [4.69, 9.17) is 9.84 Å². The van der Waals surface area contributed by atoms with E-state index in [9.17, 15) is 4.79 Å². The van der Waals surface area contributed by atoms with Crippen molar-refractivity contribution in [2.24, 2.45) is 0 Å². The van der Waals surface area contributed by atoms with Gasteiger partial charge in [-0.1, -0.05) is 30.3 Å². The van der Waals surface area contributed by atoms with Crippen molar-refractivity contribution in [1.29, 1.82) is 0 Å². The molecule has 0 saturated heterocycles. The maximum atomic E-state index is 10.8. The number of nitrogens with zero attached hydrogens (tertiary/aromatic N) is 2. The number of imidazole rings is 1. The molecule has 2 aromatic carbocycles.